The summed E-state index contributed by atoms with van der Waals surface area (Å²) >= 11 is 0. The van der Waals surface area contributed by atoms with Crippen LogP contribution in [0.25, 0.3) is 11.1 Å². The van der Waals surface area contributed by atoms with Crippen molar-refractivity contribution in [3.05, 3.63) is 60.2 Å². The van der Waals surface area contributed by atoms with Crippen molar-refractivity contribution in [2.75, 3.05) is 6.61 Å². The molecule has 0 fully saturated rings. The number of aliphatic carboxylic acids is 1. The van der Waals surface area contributed by atoms with E-state index in [0.717, 1.165) is 0 Å². The lowest BCUT2D eigenvalue weighted by Crippen LogP contribution is -1.98. The number of aliphatic hydroxyl groups excluding tert-OH is 1. The molecule has 0 atom stereocenters. The van der Waals surface area contributed by atoms with Crippen molar-refractivity contribution in [2.45, 2.75) is 0 Å². The molecule has 0 saturated heterocycles. The van der Waals surface area contributed by atoms with Crippen LogP contribution < -0.4 is 0 Å². The summed E-state index contributed by atoms with van der Waals surface area (Å²) in [6, 6.07) is 12.2. The van der Waals surface area contributed by atoms with E-state index >= 15 is 0 Å². The number of benzene rings is 2. The largest absolute Gasteiger partial charge is 0.480 e. The molecule has 2 N–H and O–H groups in total. The number of hydrogen-bond acceptors (Lipinski definition) is 2. The second kappa shape index (κ2) is 7.23. The Balaban J connectivity index is 0.000000312. The van der Waals surface area contributed by atoms with Crippen LogP contribution in [0.3, 0.4) is 0 Å². The molecule has 19 heavy (non-hydrogen) atoms. The maximum Gasteiger partial charge on any atom is 0.329 e. The van der Waals surface area contributed by atoms with Crippen molar-refractivity contribution >= 4 is 5.97 Å². The number of carboxylic acids is 1. The zero-order chi connectivity index (χ0) is 14.3. The van der Waals surface area contributed by atoms with Gasteiger partial charge in [-0.05, 0) is 35.4 Å². The molecule has 0 unspecified atom stereocenters. The predicted octanol–water partition coefficient (Wildman–Crippen LogP) is 2.70. The van der Waals surface area contributed by atoms with Crippen LogP contribution in [0.2, 0.25) is 0 Å². The lowest BCUT2D eigenvalue weighted by atomic mass is 10.1. The van der Waals surface area contributed by atoms with Gasteiger partial charge in [0.05, 0.1) is 0 Å². The van der Waals surface area contributed by atoms with Crippen LogP contribution in [0.4, 0.5) is 8.78 Å². The fourth-order valence-corrected chi connectivity index (χ4v) is 1.34. The fourth-order valence-electron chi connectivity index (χ4n) is 1.34. The van der Waals surface area contributed by atoms with Crippen LogP contribution in [0, 0.1) is 11.6 Å². The highest BCUT2D eigenvalue weighted by atomic mass is 19.1. The van der Waals surface area contributed by atoms with Crippen LogP contribution in [-0.4, -0.2) is 22.8 Å². The molecule has 0 amide bonds. The molecule has 5 heteroatoms. The standard InChI is InChI=1S/C12H8F2.C2H4O3/c13-11-5-1-3-9(7-11)10-4-2-6-12(14)8-10;3-1-2(4)5/h1-8H;3H,1H2,(H,4,5). The van der Waals surface area contributed by atoms with E-state index < -0.39 is 12.6 Å². The van der Waals surface area contributed by atoms with Crippen LogP contribution in [0.1, 0.15) is 0 Å². The summed E-state index contributed by atoms with van der Waals surface area (Å²) in [5, 5.41) is 15.0. The first-order valence-corrected chi connectivity index (χ1v) is 5.37. The van der Waals surface area contributed by atoms with Gasteiger partial charge >= 0.3 is 5.97 Å². The first-order chi connectivity index (χ1) is 9.02. The molecular weight excluding hydrogens is 254 g/mol. The highest BCUT2D eigenvalue weighted by Gasteiger charge is 1.99. The molecule has 2 aromatic carbocycles. The minimum absolute atomic E-state index is 0.313. The Morgan fingerprint density at radius 1 is 0.947 bits per heavy atom. The average Bonchev–Trinajstić information content (AvgIpc) is 2.39. The molecule has 2 rings (SSSR count). The number of rotatable bonds is 2. The predicted molar refractivity (Wildman–Crippen MR) is 66.5 cm³/mol. The lowest BCUT2D eigenvalue weighted by molar-refractivity contribution is -0.140. The van der Waals surface area contributed by atoms with E-state index in [-0.39, 0.29) is 11.6 Å². The number of aliphatic hydroxyl groups is 1. The first-order valence-electron chi connectivity index (χ1n) is 5.37. The van der Waals surface area contributed by atoms with E-state index in [0.29, 0.717) is 11.1 Å². The van der Waals surface area contributed by atoms with Gasteiger partial charge in [-0.2, -0.15) is 0 Å². The average molecular weight is 266 g/mol. The third kappa shape index (κ3) is 5.27. The van der Waals surface area contributed by atoms with E-state index in [1.807, 2.05) is 0 Å². The summed E-state index contributed by atoms with van der Waals surface area (Å²) in [4.78, 5) is 9.12. The number of halogens is 2. The Morgan fingerprint density at radius 3 is 1.58 bits per heavy atom. The number of carbonyl (C=O) groups is 1. The first kappa shape index (κ1) is 14.8. The molecule has 0 heterocycles. The Labute approximate surface area is 108 Å². The van der Waals surface area contributed by atoms with Gasteiger partial charge in [0.15, 0.2) is 0 Å². The quantitative estimate of drug-likeness (QED) is 0.878. The van der Waals surface area contributed by atoms with Gasteiger partial charge in [-0.1, -0.05) is 24.3 Å². The highest BCUT2D eigenvalue weighted by Crippen LogP contribution is 2.20. The third-order valence-electron chi connectivity index (χ3n) is 2.12. The fraction of sp³-hybridized carbons (Fsp3) is 0.0714. The van der Waals surface area contributed by atoms with Crippen molar-refractivity contribution in [1.82, 2.24) is 0 Å². The highest BCUT2D eigenvalue weighted by molar-refractivity contribution is 5.67. The van der Waals surface area contributed by atoms with E-state index in [4.69, 9.17) is 15.0 Å². The molecule has 0 aliphatic rings. The Hall–Kier alpha value is -2.27. The Kier molecular flexibility index (Phi) is 5.63. The molecule has 0 radical (unpaired) electrons. The van der Waals surface area contributed by atoms with Gasteiger partial charge in [-0.15, -0.1) is 0 Å². The molecule has 2 aromatic rings. The molecule has 0 spiro atoms. The van der Waals surface area contributed by atoms with Crippen LogP contribution in [-0.2, 0) is 4.79 Å². The molecule has 3 nitrogen and oxygen atoms in total. The summed E-state index contributed by atoms with van der Waals surface area (Å²) in [7, 11) is 0. The topological polar surface area (TPSA) is 57.5 Å². The summed E-state index contributed by atoms with van der Waals surface area (Å²) in [6.45, 7) is -0.778. The van der Waals surface area contributed by atoms with Gasteiger partial charge in [0.1, 0.15) is 18.2 Å². The van der Waals surface area contributed by atoms with Gasteiger partial charge in [0, 0.05) is 0 Å². The lowest BCUT2D eigenvalue weighted by Gasteiger charge is -2.01. The third-order valence-corrected chi connectivity index (χ3v) is 2.12. The molecule has 100 valence electrons. The molecule has 0 saturated carbocycles. The van der Waals surface area contributed by atoms with E-state index in [1.165, 1.54) is 24.3 Å². The molecule has 0 aromatic heterocycles. The zero-order valence-electron chi connectivity index (χ0n) is 9.88. The van der Waals surface area contributed by atoms with Crippen molar-refractivity contribution < 1.29 is 23.8 Å². The van der Waals surface area contributed by atoms with E-state index in [2.05, 4.69) is 0 Å². The summed E-state index contributed by atoms with van der Waals surface area (Å²) < 4.78 is 25.7. The second-order valence-electron chi connectivity index (χ2n) is 3.57. The minimum Gasteiger partial charge on any atom is -0.480 e. The van der Waals surface area contributed by atoms with Gasteiger partial charge in [0.2, 0.25) is 0 Å². The number of carboxylic acid groups (broad SMARTS) is 1. The van der Waals surface area contributed by atoms with Gasteiger partial charge < -0.3 is 10.2 Å². The van der Waals surface area contributed by atoms with Crippen LogP contribution in [0.15, 0.2) is 48.5 Å². The smallest absolute Gasteiger partial charge is 0.329 e. The maximum atomic E-state index is 12.9. The molecular formula is C14H12F2O3. The summed E-state index contributed by atoms with van der Waals surface area (Å²) in [5.74, 6) is -1.82. The van der Waals surface area contributed by atoms with Crippen molar-refractivity contribution in [1.29, 1.82) is 0 Å². The summed E-state index contributed by atoms with van der Waals surface area (Å²) in [5.41, 5.74) is 1.37. The molecule has 0 bridgehead atoms. The van der Waals surface area contributed by atoms with E-state index in [9.17, 15) is 8.78 Å². The Morgan fingerprint density at radius 2 is 1.32 bits per heavy atom. The minimum atomic E-state index is -1.19. The molecule has 0 aliphatic heterocycles. The Bertz CT molecular complexity index is 512. The van der Waals surface area contributed by atoms with Gasteiger partial charge in [0.25, 0.3) is 0 Å². The van der Waals surface area contributed by atoms with Crippen molar-refractivity contribution in [2.24, 2.45) is 0 Å². The molecule has 0 aliphatic carbocycles. The SMILES string of the molecule is Fc1cccc(-c2cccc(F)c2)c1.O=C(O)CO. The van der Waals surface area contributed by atoms with Crippen LogP contribution >= 0.6 is 0 Å². The van der Waals surface area contributed by atoms with Crippen molar-refractivity contribution in [3.63, 3.8) is 0 Å². The zero-order valence-corrected chi connectivity index (χ0v) is 9.88. The summed E-state index contributed by atoms with van der Waals surface area (Å²) in [6.07, 6.45) is 0. The maximum absolute atomic E-state index is 12.9. The normalized spacial score (nSPS) is 9.42. The van der Waals surface area contributed by atoms with E-state index in [1.54, 1.807) is 24.3 Å². The monoisotopic (exact) mass is 266 g/mol. The second-order valence-corrected chi connectivity index (χ2v) is 3.57. The van der Waals surface area contributed by atoms with Crippen LogP contribution in [0.5, 0.6) is 0 Å². The van der Waals surface area contributed by atoms with Crippen molar-refractivity contribution in [3.8, 4) is 11.1 Å². The van der Waals surface area contributed by atoms with Gasteiger partial charge in [-0.3, -0.25) is 0 Å². The van der Waals surface area contributed by atoms with Gasteiger partial charge in [-0.25, -0.2) is 13.6 Å². The number of hydrogen-bond donors (Lipinski definition) is 2.